The van der Waals surface area contributed by atoms with E-state index in [-0.39, 0.29) is 24.4 Å². The highest BCUT2D eigenvalue weighted by atomic mass is 16.5. The second kappa shape index (κ2) is 30.2. The molecule has 2 fully saturated rings. The molecule has 4 unspecified atom stereocenters. The number of urea groups is 1. The quantitative estimate of drug-likeness (QED) is 0.0974. The molecule has 62 heavy (non-hydrogen) atoms. The first-order chi connectivity index (χ1) is 29.8. The molecule has 1 saturated carbocycles. The van der Waals surface area contributed by atoms with Crippen molar-refractivity contribution < 1.29 is 33.8 Å². The SMILES string of the molecule is C1CCCCC1.C=C(CNC(=O)N(C)c1cccc(CCC)c1)N1CCCC1C(=O)NC(CCC)C(O)C(=O)NCC(=O)NC(C(=O)N(C)C)c1ccccc1.CCCCOC. The number of nitrogens with zero attached hydrogens (tertiary/aromatic N) is 3. The number of methoxy groups -OCH3 is 1. The standard InChI is InChI=1S/C37H53N7O6.C6H12.C5H12O/c1-7-14-26-16-12-19-28(22-26)43(6)37(50)39-23-25(3)44-21-13-20-30(44)34(47)40-29(15-8-2)33(46)35(48)38-24-31(45)41-32(36(49)42(4)5)27-17-10-9-11-18-27;1-2-4-6-5-3-1;1-3-4-5-6-2/h9-12,16-19,22,29-30,32-33,46H,3,7-8,13-15,20-21,23-24H2,1-2,4-6H3,(H,38,48)(H,39,50)(H,40,47)(H,41,45);1-6H2;3-5H2,1-2H3. The van der Waals surface area contributed by atoms with Crippen LogP contribution in [0.1, 0.15) is 121 Å². The van der Waals surface area contributed by atoms with Gasteiger partial charge in [0.05, 0.1) is 19.1 Å². The molecule has 14 heteroatoms. The Morgan fingerprint density at radius 3 is 2.06 bits per heavy atom. The predicted octanol–water partition coefficient (Wildman–Crippen LogP) is 6.24. The number of aliphatic hydroxyl groups excluding tert-OH is 1. The Hall–Kier alpha value is -4.95. The van der Waals surface area contributed by atoms with E-state index in [4.69, 9.17) is 4.74 Å². The number of likely N-dealkylation sites (tertiary alicyclic amines) is 1. The number of rotatable bonds is 20. The van der Waals surface area contributed by atoms with Gasteiger partial charge in [0.2, 0.25) is 17.7 Å². The lowest BCUT2D eigenvalue weighted by atomic mass is 10.0. The van der Waals surface area contributed by atoms with Crippen LogP contribution in [-0.2, 0) is 30.3 Å². The molecule has 0 aromatic heterocycles. The van der Waals surface area contributed by atoms with Crippen molar-refractivity contribution in [1.29, 1.82) is 0 Å². The number of hydrogen-bond donors (Lipinski definition) is 5. The van der Waals surface area contributed by atoms with Gasteiger partial charge in [0.1, 0.15) is 12.1 Å². The molecule has 346 valence electrons. The van der Waals surface area contributed by atoms with E-state index in [1.807, 2.05) is 36.1 Å². The molecule has 2 aliphatic rings. The Kier molecular flexibility index (Phi) is 25.9. The zero-order chi connectivity index (χ0) is 45.9. The van der Waals surface area contributed by atoms with Gasteiger partial charge in [0.25, 0.3) is 5.91 Å². The number of ether oxygens (including phenoxy) is 1. The monoisotopic (exact) mass is 864 g/mol. The Morgan fingerprint density at radius 1 is 0.839 bits per heavy atom. The van der Waals surface area contributed by atoms with Crippen molar-refractivity contribution in [2.45, 2.75) is 135 Å². The van der Waals surface area contributed by atoms with E-state index in [2.05, 4.69) is 41.7 Å². The minimum absolute atomic E-state index is 0.137. The first-order valence-electron chi connectivity index (χ1n) is 22.6. The Balaban J connectivity index is 0.000000951. The van der Waals surface area contributed by atoms with Gasteiger partial charge in [0.15, 0.2) is 6.10 Å². The molecule has 0 bridgehead atoms. The summed E-state index contributed by atoms with van der Waals surface area (Å²) in [7, 11) is 6.59. The summed E-state index contributed by atoms with van der Waals surface area (Å²) in [6, 6.07) is 13.8. The van der Waals surface area contributed by atoms with Crippen LogP contribution in [0.3, 0.4) is 0 Å². The number of unbranched alkanes of at least 4 members (excludes halogenated alkanes) is 1. The highest BCUT2D eigenvalue weighted by Crippen LogP contribution is 2.23. The lowest BCUT2D eigenvalue weighted by Crippen LogP contribution is -2.55. The molecule has 5 N–H and O–H groups in total. The van der Waals surface area contributed by atoms with E-state index in [0.717, 1.165) is 37.1 Å². The van der Waals surface area contributed by atoms with Gasteiger partial charge in [-0.05, 0) is 55.4 Å². The number of carbonyl (C=O) groups excluding carboxylic acids is 5. The van der Waals surface area contributed by atoms with Crippen molar-refractivity contribution in [3.05, 3.63) is 78.0 Å². The summed E-state index contributed by atoms with van der Waals surface area (Å²) in [5, 5.41) is 21.7. The maximum atomic E-state index is 13.5. The fourth-order valence-corrected chi connectivity index (χ4v) is 7.25. The summed E-state index contributed by atoms with van der Waals surface area (Å²) in [5.74, 6) is -2.15. The summed E-state index contributed by atoms with van der Waals surface area (Å²) >= 11 is 0. The predicted molar refractivity (Wildman–Crippen MR) is 247 cm³/mol. The largest absolute Gasteiger partial charge is 0.385 e. The van der Waals surface area contributed by atoms with E-state index in [0.29, 0.717) is 37.1 Å². The number of anilines is 1. The normalized spacial score (nSPS) is 15.8. The molecular formula is C48H77N7O7. The summed E-state index contributed by atoms with van der Waals surface area (Å²) < 4.78 is 4.78. The number of carbonyl (C=O) groups is 5. The van der Waals surface area contributed by atoms with Gasteiger partial charge >= 0.3 is 6.03 Å². The van der Waals surface area contributed by atoms with Crippen molar-refractivity contribution in [3.8, 4) is 0 Å². The molecule has 4 rings (SSSR count). The van der Waals surface area contributed by atoms with E-state index < -0.39 is 42.6 Å². The smallest absolute Gasteiger partial charge is 0.321 e. The zero-order valence-electron chi connectivity index (χ0n) is 38.7. The van der Waals surface area contributed by atoms with Crippen molar-refractivity contribution in [1.82, 2.24) is 31.1 Å². The van der Waals surface area contributed by atoms with Gasteiger partial charge in [0, 0.05) is 52.8 Å². The molecule has 14 nitrogen and oxygen atoms in total. The van der Waals surface area contributed by atoms with Crippen molar-refractivity contribution in [2.24, 2.45) is 0 Å². The highest BCUT2D eigenvalue weighted by molar-refractivity contribution is 5.92. The molecule has 1 heterocycles. The fourth-order valence-electron chi connectivity index (χ4n) is 7.25. The second-order valence-corrected chi connectivity index (χ2v) is 16.2. The molecule has 2 aromatic rings. The van der Waals surface area contributed by atoms with Crippen molar-refractivity contribution in [3.63, 3.8) is 0 Å². The summed E-state index contributed by atoms with van der Waals surface area (Å²) in [5.41, 5.74) is 3.09. The fraction of sp³-hybridized carbons (Fsp3) is 0.604. The topological polar surface area (TPSA) is 173 Å². The van der Waals surface area contributed by atoms with E-state index in [1.165, 1.54) is 61.2 Å². The molecule has 0 radical (unpaired) electrons. The van der Waals surface area contributed by atoms with Crippen molar-refractivity contribution >= 4 is 35.3 Å². The van der Waals surface area contributed by atoms with Crippen LogP contribution in [0.25, 0.3) is 0 Å². The number of aryl methyl sites for hydroxylation is 1. The van der Waals surface area contributed by atoms with Gasteiger partial charge in [-0.25, -0.2) is 4.79 Å². The number of aliphatic hydroxyl groups is 1. The first-order valence-corrected chi connectivity index (χ1v) is 22.6. The minimum Gasteiger partial charge on any atom is -0.385 e. The lowest BCUT2D eigenvalue weighted by molar-refractivity contribution is -0.136. The number of benzene rings is 2. The van der Waals surface area contributed by atoms with Gasteiger partial charge in [-0.1, -0.05) is 128 Å². The zero-order valence-corrected chi connectivity index (χ0v) is 38.7. The van der Waals surface area contributed by atoms with Gasteiger partial charge in [-0.3, -0.25) is 24.1 Å². The molecule has 2 aromatic carbocycles. The summed E-state index contributed by atoms with van der Waals surface area (Å²) in [6.07, 6.45) is 13.9. The maximum absolute atomic E-state index is 13.5. The highest BCUT2D eigenvalue weighted by Gasteiger charge is 2.35. The molecule has 1 saturated heterocycles. The molecule has 6 amide bonds. The molecular weight excluding hydrogens is 787 g/mol. The van der Waals surface area contributed by atoms with Crippen LogP contribution in [0.2, 0.25) is 0 Å². The first kappa shape index (κ1) is 53.2. The molecule has 0 spiro atoms. The van der Waals surface area contributed by atoms with Crippen LogP contribution >= 0.6 is 0 Å². The third-order valence-electron chi connectivity index (χ3n) is 10.9. The lowest BCUT2D eigenvalue weighted by Gasteiger charge is -2.31. The van der Waals surface area contributed by atoms with Crippen LogP contribution in [0.5, 0.6) is 0 Å². The Labute approximate surface area is 371 Å². The maximum Gasteiger partial charge on any atom is 0.321 e. The number of nitrogens with one attached hydrogen (secondary N) is 4. The molecule has 4 atom stereocenters. The van der Waals surface area contributed by atoms with Gasteiger partial charge < -0.3 is 40.9 Å². The summed E-state index contributed by atoms with van der Waals surface area (Å²) in [6.45, 7) is 11.4. The average Bonchev–Trinajstić information content (AvgIpc) is 3.80. The van der Waals surface area contributed by atoms with Gasteiger partial charge in [-0.2, -0.15) is 0 Å². The Bertz CT molecular complexity index is 1640. The average molecular weight is 864 g/mol. The minimum atomic E-state index is -1.62. The van der Waals surface area contributed by atoms with Crippen LogP contribution in [0, 0.1) is 0 Å². The van der Waals surface area contributed by atoms with Crippen LogP contribution in [0.4, 0.5) is 10.5 Å². The summed E-state index contributed by atoms with van der Waals surface area (Å²) in [4.78, 5) is 69.7. The van der Waals surface area contributed by atoms with E-state index in [1.54, 1.807) is 58.6 Å². The van der Waals surface area contributed by atoms with E-state index >= 15 is 0 Å². The van der Waals surface area contributed by atoms with E-state index in [9.17, 15) is 29.1 Å². The van der Waals surface area contributed by atoms with Crippen LogP contribution < -0.4 is 26.2 Å². The number of amides is 6. The van der Waals surface area contributed by atoms with Crippen LogP contribution in [0.15, 0.2) is 66.9 Å². The number of likely N-dealkylation sites (N-methyl/N-ethyl adjacent to an activating group) is 1. The molecule has 1 aliphatic heterocycles. The third-order valence-corrected chi connectivity index (χ3v) is 10.9. The third kappa shape index (κ3) is 19.0. The van der Waals surface area contributed by atoms with Crippen molar-refractivity contribution in [2.75, 3.05) is 59.4 Å². The Morgan fingerprint density at radius 2 is 1.50 bits per heavy atom. The number of hydrogen-bond acceptors (Lipinski definition) is 8. The van der Waals surface area contributed by atoms with Gasteiger partial charge in [-0.15, -0.1) is 0 Å². The second-order valence-electron chi connectivity index (χ2n) is 16.2. The van der Waals surface area contributed by atoms with Crippen LogP contribution in [-0.4, -0.2) is 117 Å². The molecule has 1 aliphatic carbocycles.